The number of piperidine rings is 1. The van der Waals surface area contributed by atoms with Gasteiger partial charge in [0.2, 0.25) is 0 Å². The van der Waals surface area contributed by atoms with Crippen LogP contribution in [0.15, 0.2) is 47.3 Å². The van der Waals surface area contributed by atoms with Gasteiger partial charge < -0.3 is 14.1 Å². The molecule has 0 bridgehead atoms. The van der Waals surface area contributed by atoms with Gasteiger partial charge in [0.15, 0.2) is 17.9 Å². The van der Waals surface area contributed by atoms with E-state index in [0.717, 1.165) is 23.2 Å². The first kappa shape index (κ1) is 18.9. The average Bonchev–Trinajstić information content (AvgIpc) is 3.29. The van der Waals surface area contributed by atoms with Crippen molar-refractivity contribution in [2.75, 3.05) is 19.7 Å². The van der Waals surface area contributed by atoms with Crippen LogP contribution >= 0.6 is 0 Å². The quantitative estimate of drug-likeness (QED) is 0.666. The first-order valence-electron chi connectivity index (χ1n) is 10.5. The molecule has 30 heavy (non-hydrogen) atoms. The summed E-state index contributed by atoms with van der Waals surface area (Å²) in [7, 11) is 0. The molecule has 2 aromatic heterocycles. The van der Waals surface area contributed by atoms with Crippen LogP contribution in [0.2, 0.25) is 0 Å². The van der Waals surface area contributed by atoms with E-state index in [0.29, 0.717) is 56.2 Å². The molecule has 0 atom stereocenters. The zero-order valence-electron chi connectivity index (χ0n) is 17.0. The number of amides is 1. The van der Waals surface area contributed by atoms with Crippen molar-refractivity contribution in [1.29, 1.82) is 0 Å². The Bertz CT molecular complexity index is 1060. The molecular weight excluding hydrogens is 380 g/mol. The normalized spacial score (nSPS) is 17.7. The number of benzene rings is 1. The molecule has 7 nitrogen and oxygen atoms in total. The maximum atomic E-state index is 12.9. The summed E-state index contributed by atoms with van der Waals surface area (Å²) in [5.41, 5.74) is 3.07. The Balaban J connectivity index is 1.40. The molecule has 0 saturated carbocycles. The van der Waals surface area contributed by atoms with Gasteiger partial charge in [-0.2, -0.15) is 0 Å². The topological polar surface area (TPSA) is 81.4 Å². The molecule has 0 unspecified atom stereocenters. The Hall–Kier alpha value is -3.06. The first-order chi connectivity index (χ1) is 14.7. The molecule has 1 amide bonds. The predicted molar refractivity (Wildman–Crippen MR) is 110 cm³/mol. The number of rotatable bonds is 3. The lowest BCUT2D eigenvalue weighted by Gasteiger charge is -2.44. The number of aryl methyl sites for hydroxylation is 1. The van der Waals surface area contributed by atoms with Gasteiger partial charge in [0.05, 0.1) is 12.3 Å². The van der Waals surface area contributed by atoms with Crippen molar-refractivity contribution in [3.8, 4) is 11.4 Å². The average molecular weight is 404 g/mol. The van der Waals surface area contributed by atoms with E-state index in [-0.39, 0.29) is 5.91 Å². The third kappa shape index (κ3) is 3.19. The van der Waals surface area contributed by atoms with Crippen LogP contribution in [0.4, 0.5) is 0 Å². The van der Waals surface area contributed by atoms with Gasteiger partial charge in [-0.25, -0.2) is 15.0 Å². The van der Waals surface area contributed by atoms with Crippen LogP contribution in [-0.4, -0.2) is 45.5 Å². The minimum atomic E-state index is -0.464. The standard InChI is InChI=1S/C23H24N4O3/c1-2-18-19(25-15-29-18)22(28)27-11-9-23(10-12-27)20-17(8-13-30-23)14-24-21(26-20)16-6-4-3-5-7-16/h3-7,14-15H,2,8-13H2,1H3. The molecule has 1 saturated heterocycles. The van der Waals surface area contributed by atoms with Crippen molar-refractivity contribution in [3.63, 3.8) is 0 Å². The minimum Gasteiger partial charge on any atom is -0.448 e. The van der Waals surface area contributed by atoms with E-state index in [1.807, 2.05) is 48.4 Å². The summed E-state index contributed by atoms with van der Waals surface area (Å²) in [4.78, 5) is 28.4. The van der Waals surface area contributed by atoms with Gasteiger partial charge in [0, 0.05) is 31.3 Å². The molecule has 3 aromatic rings. The van der Waals surface area contributed by atoms with Crippen molar-refractivity contribution in [1.82, 2.24) is 19.9 Å². The number of oxazole rings is 1. The molecule has 5 rings (SSSR count). The molecule has 1 spiro atoms. The minimum absolute atomic E-state index is 0.0702. The van der Waals surface area contributed by atoms with Gasteiger partial charge in [0.25, 0.3) is 5.91 Å². The molecule has 0 aliphatic carbocycles. The van der Waals surface area contributed by atoms with Gasteiger partial charge >= 0.3 is 0 Å². The van der Waals surface area contributed by atoms with Crippen LogP contribution in [-0.2, 0) is 23.2 Å². The van der Waals surface area contributed by atoms with Gasteiger partial charge in [-0.3, -0.25) is 4.79 Å². The van der Waals surface area contributed by atoms with E-state index in [4.69, 9.17) is 14.1 Å². The highest BCUT2D eigenvalue weighted by atomic mass is 16.5. The van der Waals surface area contributed by atoms with E-state index in [2.05, 4.69) is 9.97 Å². The summed E-state index contributed by atoms with van der Waals surface area (Å²) >= 11 is 0. The van der Waals surface area contributed by atoms with Crippen molar-refractivity contribution in [2.45, 2.75) is 38.2 Å². The summed E-state index contributed by atoms with van der Waals surface area (Å²) in [6.07, 6.45) is 6.16. The highest BCUT2D eigenvalue weighted by molar-refractivity contribution is 5.93. The largest absolute Gasteiger partial charge is 0.448 e. The monoisotopic (exact) mass is 404 g/mol. The number of fused-ring (bicyclic) bond motifs is 2. The van der Waals surface area contributed by atoms with E-state index in [9.17, 15) is 4.79 Å². The Labute approximate surface area is 175 Å². The lowest BCUT2D eigenvalue weighted by molar-refractivity contribution is -0.0967. The smallest absolute Gasteiger partial charge is 0.276 e. The van der Waals surface area contributed by atoms with E-state index in [1.54, 1.807) is 0 Å². The third-order valence-corrected chi connectivity index (χ3v) is 6.10. The first-order valence-corrected chi connectivity index (χ1v) is 10.5. The van der Waals surface area contributed by atoms with Crippen LogP contribution in [0.1, 0.15) is 47.3 Å². The van der Waals surface area contributed by atoms with Crippen LogP contribution in [0.5, 0.6) is 0 Å². The number of hydrogen-bond acceptors (Lipinski definition) is 6. The molecule has 2 aliphatic heterocycles. The lowest BCUT2D eigenvalue weighted by atomic mass is 9.83. The van der Waals surface area contributed by atoms with Crippen LogP contribution in [0.25, 0.3) is 11.4 Å². The van der Waals surface area contributed by atoms with Gasteiger partial charge in [-0.15, -0.1) is 0 Å². The molecule has 7 heteroatoms. The Morgan fingerprint density at radius 3 is 2.73 bits per heavy atom. The zero-order valence-corrected chi connectivity index (χ0v) is 17.0. The van der Waals surface area contributed by atoms with Crippen molar-refractivity contribution >= 4 is 5.91 Å². The van der Waals surface area contributed by atoms with Crippen molar-refractivity contribution in [3.05, 3.63) is 65.6 Å². The molecule has 0 N–H and O–H groups in total. The zero-order chi connectivity index (χ0) is 20.6. The highest BCUT2D eigenvalue weighted by Gasteiger charge is 2.43. The second kappa shape index (κ2) is 7.65. The molecule has 1 aromatic carbocycles. The molecular formula is C23H24N4O3. The fraction of sp³-hybridized carbons (Fsp3) is 0.391. The van der Waals surface area contributed by atoms with E-state index >= 15 is 0 Å². The Morgan fingerprint density at radius 1 is 1.17 bits per heavy atom. The third-order valence-electron chi connectivity index (χ3n) is 6.10. The van der Waals surface area contributed by atoms with Crippen LogP contribution in [0.3, 0.4) is 0 Å². The number of aromatic nitrogens is 3. The molecule has 2 aliphatic rings. The number of carbonyl (C=O) groups excluding carboxylic acids is 1. The molecule has 4 heterocycles. The maximum Gasteiger partial charge on any atom is 0.276 e. The van der Waals surface area contributed by atoms with Crippen molar-refractivity contribution < 1.29 is 13.9 Å². The Kier molecular flexibility index (Phi) is 4.83. The van der Waals surface area contributed by atoms with E-state index < -0.39 is 5.60 Å². The summed E-state index contributed by atoms with van der Waals surface area (Å²) in [5, 5.41) is 0. The van der Waals surface area contributed by atoms with Gasteiger partial charge in [-0.1, -0.05) is 37.3 Å². The summed E-state index contributed by atoms with van der Waals surface area (Å²) in [5.74, 6) is 1.28. The fourth-order valence-corrected chi connectivity index (χ4v) is 4.43. The van der Waals surface area contributed by atoms with Crippen LogP contribution < -0.4 is 0 Å². The highest BCUT2D eigenvalue weighted by Crippen LogP contribution is 2.41. The maximum absolute atomic E-state index is 12.9. The van der Waals surface area contributed by atoms with Gasteiger partial charge in [0.1, 0.15) is 11.4 Å². The van der Waals surface area contributed by atoms with Crippen LogP contribution in [0, 0.1) is 0 Å². The number of nitrogens with zero attached hydrogens (tertiary/aromatic N) is 4. The lowest BCUT2D eigenvalue weighted by Crippen LogP contribution is -2.49. The number of likely N-dealkylation sites (tertiary alicyclic amines) is 1. The van der Waals surface area contributed by atoms with Crippen molar-refractivity contribution in [2.24, 2.45) is 0 Å². The van der Waals surface area contributed by atoms with Gasteiger partial charge in [-0.05, 0) is 24.8 Å². The summed E-state index contributed by atoms with van der Waals surface area (Å²) in [6.45, 7) is 3.80. The molecule has 154 valence electrons. The number of ether oxygens (including phenoxy) is 1. The molecule has 0 radical (unpaired) electrons. The molecule has 1 fully saturated rings. The predicted octanol–water partition coefficient (Wildman–Crippen LogP) is 3.40. The second-order valence-corrected chi connectivity index (χ2v) is 7.80. The van der Waals surface area contributed by atoms with E-state index in [1.165, 1.54) is 6.39 Å². The fourth-order valence-electron chi connectivity index (χ4n) is 4.43. The summed E-state index contributed by atoms with van der Waals surface area (Å²) < 4.78 is 11.7. The Morgan fingerprint density at radius 2 is 1.97 bits per heavy atom. The number of hydrogen-bond donors (Lipinski definition) is 0. The summed E-state index contributed by atoms with van der Waals surface area (Å²) in [6, 6.07) is 10.00. The SMILES string of the molecule is CCc1ocnc1C(=O)N1CCC2(CC1)OCCc1cnc(-c3ccccc3)nc12. The second-order valence-electron chi connectivity index (χ2n) is 7.80. The number of carbonyl (C=O) groups is 1.